The maximum Gasteiger partial charge on any atom is 0.122 e. The van der Waals surface area contributed by atoms with Gasteiger partial charge in [-0.2, -0.15) is 0 Å². The topological polar surface area (TPSA) is 16.9 Å². The van der Waals surface area contributed by atoms with Crippen molar-refractivity contribution in [2.75, 3.05) is 21.2 Å². The van der Waals surface area contributed by atoms with Gasteiger partial charge in [-0.15, -0.1) is 0 Å². The van der Waals surface area contributed by atoms with Crippen molar-refractivity contribution in [1.29, 1.82) is 0 Å². The van der Waals surface area contributed by atoms with Gasteiger partial charge in [0.1, 0.15) is 5.75 Å². The van der Waals surface area contributed by atoms with Crippen LogP contribution < -0.4 is 4.74 Å². The Kier molecular flexibility index (Phi) is 3.92. The molecule has 3 heteroatoms. The first-order chi connectivity index (χ1) is 8.65. The smallest absolute Gasteiger partial charge is 0.122 e. The van der Waals surface area contributed by atoms with Gasteiger partial charge in [0, 0.05) is 24.5 Å². The van der Waals surface area contributed by atoms with Gasteiger partial charge >= 0.3 is 0 Å². The molecule has 0 radical (unpaired) electrons. The molecular weight excluding hydrogens is 224 g/mol. The zero-order valence-corrected chi connectivity index (χ0v) is 11.7. The van der Waals surface area contributed by atoms with Crippen LogP contribution in [0.4, 0.5) is 0 Å². The monoisotopic (exact) mass is 246 g/mol. The number of methoxy groups -OCH3 is 1. The molecule has 0 spiro atoms. The van der Waals surface area contributed by atoms with Gasteiger partial charge in [-0.1, -0.05) is 6.92 Å². The average molecular weight is 246 g/mol. The van der Waals surface area contributed by atoms with Crippen LogP contribution in [0.15, 0.2) is 30.6 Å². The molecule has 0 aliphatic rings. The Morgan fingerprint density at radius 2 is 2.00 bits per heavy atom. The zero-order chi connectivity index (χ0) is 13.1. The van der Waals surface area contributed by atoms with Crippen LogP contribution in [-0.4, -0.2) is 36.5 Å². The van der Waals surface area contributed by atoms with Crippen LogP contribution in [0.2, 0.25) is 0 Å². The number of ether oxygens (including phenoxy) is 1. The quantitative estimate of drug-likeness (QED) is 0.807. The molecular formula is C15H22N2O. The van der Waals surface area contributed by atoms with E-state index in [1.54, 1.807) is 7.11 Å². The average Bonchev–Trinajstić information content (AvgIpc) is 2.77. The molecule has 0 bridgehead atoms. The van der Waals surface area contributed by atoms with Crippen molar-refractivity contribution in [3.8, 4) is 5.75 Å². The second-order valence-electron chi connectivity index (χ2n) is 4.93. The lowest BCUT2D eigenvalue weighted by atomic mass is 10.0. The lowest BCUT2D eigenvalue weighted by molar-refractivity contribution is 0.285. The molecule has 3 nitrogen and oxygen atoms in total. The van der Waals surface area contributed by atoms with E-state index in [1.807, 2.05) is 12.3 Å². The Bertz CT molecular complexity index is 516. The molecule has 2 aromatic heterocycles. The fourth-order valence-corrected chi connectivity index (χ4v) is 2.38. The third-order valence-corrected chi connectivity index (χ3v) is 3.61. The predicted molar refractivity (Wildman–Crippen MR) is 75.4 cm³/mol. The standard InChI is InChI=1S/C15H22N2O/c1-5-13(16(2)3)10-12-6-8-17-9-7-14(18-4)11-15(12)17/h6-9,11,13H,5,10H2,1-4H3. The molecule has 0 aliphatic carbocycles. The van der Waals surface area contributed by atoms with E-state index in [4.69, 9.17) is 4.74 Å². The van der Waals surface area contributed by atoms with Gasteiger partial charge in [-0.05, 0) is 44.6 Å². The van der Waals surface area contributed by atoms with E-state index in [1.165, 1.54) is 11.1 Å². The number of nitrogens with zero attached hydrogens (tertiary/aromatic N) is 2. The molecule has 0 N–H and O–H groups in total. The molecule has 2 rings (SSSR count). The lowest BCUT2D eigenvalue weighted by Gasteiger charge is -2.22. The molecule has 2 aromatic rings. The van der Waals surface area contributed by atoms with E-state index >= 15 is 0 Å². The fourth-order valence-electron chi connectivity index (χ4n) is 2.38. The summed E-state index contributed by atoms with van der Waals surface area (Å²) in [4.78, 5) is 2.30. The van der Waals surface area contributed by atoms with Gasteiger partial charge < -0.3 is 14.0 Å². The molecule has 98 valence electrons. The summed E-state index contributed by atoms with van der Waals surface area (Å²) in [5, 5.41) is 0. The highest BCUT2D eigenvalue weighted by molar-refractivity contribution is 5.59. The molecule has 1 unspecified atom stereocenters. The molecule has 0 fully saturated rings. The lowest BCUT2D eigenvalue weighted by Crippen LogP contribution is -2.29. The van der Waals surface area contributed by atoms with E-state index in [0.717, 1.165) is 18.6 Å². The Morgan fingerprint density at radius 1 is 1.28 bits per heavy atom. The fraction of sp³-hybridized carbons (Fsp3) is 0.467. The Balaban J connectivity index is 2.32. The Hall–Kier alpha value is -1.48. The second-order valence-corrected chi connectivity index (χ2v) is 4.93. The maximum absolute atomic E-state index is 5.30. The predicted octanol–water partition coefficient (Wildman–Crippen LogP) is 2.83. The zero-order valence-electron chi connectivity index (χ0n) is 11.7. The summed E-state index contributed by atoms with van der Waals surface area (Å²) in [6.45, 7) is 2.24. The second kappa shape index (κ2) is 5.44. The highest BCUT2D eigenvalue weighted by Crippen LogP contribution is 2.21. The van der Waals surface area contributed by atoms with Gasteiger partial charge in [0.25, 0.3) is 0 Å². The van der Waals surface area contributed by atoms with Crippen molar-refractivity contribution in [1.82, 2.24) is 9.30 Å². The molecule has 1 atom stereocenters. The summed E-state index contributed by atoms with van der Waals surface area (Å²) in [7, 11) is 6.00. The minimum absolute atomic E-state index is 0.586. The Morgan fingerprint density at radius 3 is 2.61 bits per heavy atom. The molecule has 0 saturated heterocycles. The molecule has 18 heavy (non-hydrogen) atoms. The number of likely N-dealkylation sites (N-methyl/N-ethyl adjacent to an activating group) is 1. The summed E-state index contributed by atoms with van der Waals surface area (Å²) >= 11 is 0. The number of rotatable bonds is 5. The number of pyridine rings is 1. The van der Waals surface area contributed by atoms with Crippen LogP contribution in [0.5, 0.6) is 5.75 Å². The normalized spacial score (nSPS) is 13.2. The summed E-state index contributed by atoms with van der Waals surface area (Å²) in [5.74, 6) is 0.917. The van der Waals surface area contributed by atoms with Crippen LogP contribution in [-0.2, 0) is 6.42 Å². The van der Waals surface area contributed by atoms with Crippen LogP contribution in [0.3, 0.4) is 0 Å². The number of hydrogen-bond donors (Lipinski definition) is 0. The minimum Gasteiger partial charge on any atom is -0.497 e. The minimum atomic E-state index is 0.586. The molecule has 0 aromatic carbocycles. The van der Waals surface area contributed by atoms with E-state index < -0.39 is 0 Å². The van der Waals surface area contributed by atoms with E-state index in [9.17, 15) is 0 Å². The van der Waals surface area contributed by atoms with Crippen molar-refractivity contribution in [3.05, 3.63) is 36.2 Å². The van der Waals surface area contributed by atoms with Gasteiger partial charge in [0.2, 0.25) is 0 Å². The van der Waals surface area contributed by atoms with Crippen LogP contribution in [0.1, 0.15) is 18.9 Å². The molecule has 0 aliphatic heterocycles. The van der Waals surface area contributed by atoms with Gasteiger partial charge in [-0.3, -0.25) is 0 Å². The molecule has 0 saturated carbocycles. The highest BCUT2D eigenvalue weighted by Gasteiger charge is 2.12. The first-order valence-electron chi connectivity index (χ1n) is 6.45. The van der Waals surface area contributed by atoms with Crippen LogP contribution in [0.25, 0.3) is 5.52 Å². The number of fused-ring (bicyclic) bond motifs is 1. The largest absolute Gasteiger partial charge is 0.497 e. The van der Waals surface area contributed by atoms with Crippen molar-refractivity contribution in [2.45, 2.75) is 25.8 Å². The SMILES string of the molecule is CCC(Cc1ccn2ccc(OC)cc12)N(C)C. The van der Waals surface area contributed by atoms with Gasteiger partial charge in [0.05, 0.1) is 12.6 Å². The summed E-state index contributed by atoms with van der Waals surface area (Å²) < 4.78 is 7.45. The van der Waals surface area contributed by atoms with Crippen LogP contribution >= 0.6 is 0 Å². The van der Waals surface area contributed by atoms with Crippen molar-refractivity contribution in [2.24, 2.45) is 0 Å². The Labute approximate surface area is 109 Å². The van der Waals surface area contributed by atoms with E-state index in [-0.39, 0.29) is 0 Å². The van der Waals surface area contributed by atoms with Crippen LogP contribution in [0, 0.1) is 0 Å². The number of aromatic nitrogens is 1. The van der Waals surface area contributed by atoms with Gasteiger partial charge in [-0.25, -0.2) is 0 Å². The van der Waals surface area contributed by atoms with Crippen molar-refractivity contribution in [3.63, 3.8) is 0 Å². The summed E-state index contributed by atoms with van der Waals surface area (Å²) in [5.41, 5.74) is 2.63. The third kappa shape index (κ3) is 2.51. The third-order valence-electron chi connectivity index (χ3n) is 3.61. The summed E-state index contributed by atoms with van der Waals surface area (Å²) in [6.07, 6.45) is 6.41. The van der Waals surface area contributed by atoms with E-state index in [0.29, 0.717) is 6.04 Å². The highest BCUT2D eigenvalue weighted by atomic mass is 16.5. The molecule has 2 heterocycles. The first kappa shape index (κ1) is 13.0. The van der Waals surface area contributed by atoms with Crippen molar-refractivity contribution < 1.29 is 4.74 Å². The summed E-state index contributed by atoms with van der Waals surface area (Å²) in [6, 6.07) is 6.89. The number of hydrogen-bond acceptors (Lipinski definition) is 2. The molecule has 0 amide bonds. The first-order valence-corrected chi connectivity index (χ1v) is 6.45. The van der Waals surface area contributed by atoms with Crippen molar-refractivity contribution >= 4 is 5.52 Å². The van der Waals surface area contributed by atoms with E-state index in [2.05, 4.69) is 48.6 Å². The maximum atomic E-state index is 5.30. The van der Waals surface area contributed by atoms with Gasteiger partial charge in [0.15, 0.2) is 0 Å².